The van der Waals surface area contributed by atoms with Gasteiger partial charge in [0.05, 0.1) is 43.7 Å². The maximum absolute atomic E-state index is 15.0. The molecular formula is C119H133FN4+4. The van der Waals surface area contributed by atoms with Crippen LogP contribution in [0.2, 0.25) is 0 Å². The first kappa shape index (κ1) is 83.1. The Kier molecular flexibility index (Phi) is 24.8. The van der Waals surface area contributed by atoms with E-state index in [4.69, 9.17) is 6.85 Å². The molecule has 0 saturated heterocycles. The molecule has 0 N–H and O–H groups in total. The first-order valence-electron chi connectivity index (χ1n) is 46.8. The summed E-state index contributed by atoms with van der Waals surface area (Å²) in [6.45, 7) is 48.3. The van der Waals surface area contributed by atoms with Gasteiger partial charge in [-0.2, -0.15) is 13.7 Å². The predicted molar refractivity (Wildman–Crippen MR) is 529 cm³/mol. The van der Waals surface area contributed by atoms with Crippen molar-refractivity contribution in [2.45, 2.75) is 184 Å². The monoisotopic (exact) mass is 1640 g/mol. The normalized spacial score (nSPS) is 12.4. The summed E-state index contributed by atoms with van der Waals surface area (Å²) in [6.07, 6.45) is 4.13. The summed E-state index contributed by atoms with van der Waals surface area (Å²) in [4.78, 5) is 0. The second kappa shape index (κ2) is 36.9. The van der Waals surface area contributed by atoms with Crippen LogP contribution < -0.4 is 18.3 Å². The Morgan fingerprint density at radius 2 is 0.637 bits per heavy atom. The number of aryl methyl sites for hydroxylation is 3. The molecule has 0 atom stereocenters. The Morgan fingerprint density at radius 1 is 0.298 bits per heavy atom. The van der Waals surface area contributed by atoms with Crippen molar-refractivity contribution in [3.8, 4) is 89.5 Å². The molecule has 4 aromatic heterocycles. The van der Waals surface area contributed by atoms with Gasteiger partial charge in [0.15, 0.2) is 23.3 Å². The average Bonchev–Trinajstić information content (AvgIpc) is 0.770. The van der Waals surface area contributed by atoms with Gasteiger partial charge in [0.2, 0.25) is 22.8 Å². The largest absolute Gasteiger partial charge is 0.220 e. The van der Waals surface area contributed by atoms with Crippen molar-refractivity contribution >= 4 is 43.1 Å². The van der Waals surface area contributed by atoms with E-state index >= 15 is 0 Å². The number of pyridine rings is 4. The van der Waals surface area contributed by atoms with E-state index in [0.29, 0.717) is 29.6 Å². The Morgan fingerprint density at radius 3 is 1.03 bits per heavy atom. The zero-order valence-corrected chi connectivity index (χ0v) is 78.7. The molecule has 12 aromatic carbocycles. The number of halogens is 1. The van der Waals surface area contributed by atoms with Crippen LogP contribution in [0.15, 0.2) is 279 Å². The van der Waals surface area contributed by atoms with Gasteiger partial charge < -0.3 is 0 Å². The highest BCUT2D eigenvalue weighted by atomic mass is 19.1. The second-order valence-corrected chi connectivity index (χ2v) is 40.0. The molecule has 16 rings (SSSR count). The lowest BCUT2D eigenvalue weighted by molar-refractivity contribution is -0.665. The molecule has 124 heavy (non-hydrogen) atoms. The molecule has 0 amide bonds. The van der Waals surface area contributed by atoms with Gasteiger partial charge in [-0.25, -0.2) is 8.96 Å². The molecule has 5 heteroatoms. The molecule has 0 aliphatic carbocycles. The van der Waals surface area contributed by atoms with Crippen LogP contribution in [0.25, 0.3) is 133 Å². The van der Waals surface area contributed by atoms with E-state index in [0.717, 1.165) is 119 Å². The zero-order chi connectivity index (χ0) is 93.5. The van der Waals surface area contributed by atoms with E-state index in [2.05, 4.69) is 366 Å². The Bertz CT molecular complexity index is 6920. The van der Waals surface area contributed by atoms with Crippen molar-refractivity contribution < 1.29 is 29.5 Å². The first-order valence-corrected chi connectivity index (χ1v) is 44.3. The van der Waals surface area contributed by atoms with Gasteiger partial charge in [-0.05, 0) is 259 Å². The summed E-state index contributed by atoms with van der Waals surface area (Å²) in [6, 6.07) is 89.2. The minimum atomic E-state index is -0.217. The molecule has 0 bridgehead atoms. The van der Waals surface area contributed by atoms with Crippen molar-refractivity contribution in [2.24, 2.45) is 49.9 Å². The molecule has 0 aliphatic rings. The van der Waals surface area contributed by atoms with E-state index in [1.54, 1.807) is 6.07 Å². The molecule has 632 valence electrons. The highest BCUT2D eigenvalue weighted by Crippen LogP contribution is 2.42. The molecular weight excluding hydrogens is 1500 g/mol. The van der Waals surface area contributed by atoms with E-state index in [1.165, 1.54) is 106 Å². The van der Waals surface area contributed by atoms with Gasteiger partial charge in [0.25, 0.3) is 0 Å². The standard InChI is InChI=1S/C31H36N.C30H34N.C29H31FN.C29H32N/c1-21(2)28-18-26(24-11-9-8-10-12-24)19-29(22(28)3)30-27-14-13-23(20-31(4,5)6)17-25(27)15-16-32(30)7;1-20-15-25(24-11-9-8-10-12-24)18-28(22(20)3)29-27-14-13-23(19-30(4,5)6)17-26(27)16-21(2)31(29)7;1-19-14-27(30)26(22-10-8-7-9-11-22)17-25(19)28-24-13-12-21(18-29(3,4)5)16-23(24)15-20(2)31(28)6;1-20-16-24(23-10-8-7-9-11-23)13-15-26(20)28-27-14-12-22(19-29(3,4)5)18-25(27)17-21(2)30(28)6/h8-19,21H,20H2,1-7H3;8-18H,19H2,1-7H3;7-17H,18H2,1-6H3;7-18H,19H2,1-6H3/q4*+1/i15D,16D;16D;15D;17D. The van der Waals surface area contributed by atoms with Gasteiger partial charge in [0, 0.05) is 56.1 Å². The molecule has 0 radical (unpaired) electrons. The van der Waals surface area contributed by atoms with Crippen molar-refractivity contribution in [2.75, 3.05) is 0 Å². The van der Waals surface area contributed by atoms with Crippen LogP contribution in [-0.2, 0) is 53.9 Å². The van der Waals surface area contributed by atoms with E-state index in [9.17, 15) is 4.39 Å². The summed E-state index contributed by atoms with van der Waals surface area (Å²) in [5.74, 6) is 0.161. The first-order chi connectivity index (χ1) is 60.8. The van der Waals surface area contributed by atoms with Crippen LogP contribution in [0.4, 0.5) is 4.39 Å². The Balaban J connectivity index is 0.000000147. The lowest BCUT2D eigenvalue weighted by Crippen LogP contribution is -2.35. The minimum Gasteiger partial charge on any atom is -0.206 e. The summed E-state index contributed by atoms with van der Waals surface area (Å²) in [5, 5.41) is 8.23. The van der Waals surface area contributed by atoms with Crippen LogP contribution in [-0.4, -0.2) is 0 Å². The molecule has 0 spiro atoms. The van der Waals surface area contributed by atoms with Crippen LogP contribution in [0.1, 0.15) is 182 Å². The number of fused-ring (bicyclic) bond motifs is 4. The number of hydrogen-bond donors (Lipinski definition) is 0. The molecule has 4 heterocycles. The topological polar surface area (TPSA) is 15.5 Å². The molecule has 0 unspecified atom stereocenters. The van der Waals surface area contributed by atoms with Gasteiger partial charge in [-0.3, -0.25) is 0 Å². The van der Waals surface area contributed by atoms with Gasteiger partial charge in [-0.1, -0.05) is 291 Å². The zero-order valence-electron chi connectivity index (χ0n) is 83.7. The number of hydrogen-bond acceptors (Lipinski definition) is 0. The SMILES string of the molecule is [2H]c1c(C)[n+](C)c(-c2cc(-c3ccccc3)c(F)cc2C)c2ccc(CC(C)(C)C)cc12.[2H]c1c(C)[n+](C)c(-c2cc(-c3ccccc3)cc(C)c2C)c2ccc(CC(C)(C)C)cc12.[2H]c1c(C)[n+](C)c(-c2ccc(-c3ccccc3)cc2C)c2ccc(CC(C)(C)C)cc12.[2H]c1c([2H])[n+](C)c(-c2cc(-c3ccccc3)cc(C(C)C)c2C)c2ccc(CC(C)(C)C)cc12. The van der Waals surface area contributed by atoms with Crippen molar-refractivity contribution in [1.82, 2.24) is 0 Å². The number of nitrogens with zero attached hydrogens (tertiary/aromatic N) is 4. The second-order valence-electron chi connectivity index (χ2n) is 40.0. The van der Waals surface area contributed by atoms with Crippen LogP contribution in [0, 0.1) is 82.9 Å². The quantitative estimate of drug-likeness (QED) is 0.102. The highest BCUT2D eigenvalue weighted by molar-refractivity contribution is 5.99. The average molecular weight is 1640 g/mol. The third-order valence-corrected chi connectivity index (χ3v) is 24.2. The Labute approximate surface area is 748 Å². The van der Waals surface area contributed by atoms with Crippen molar-refractivity contribution in [1.29, 1.82) is 0 Å². The maximum Gasteiger partial charge on any atom is 0.220 e. The van der Waals surface area contributed by atoms with Gasteiger partial charge in [-0.15, -0.1) is 0 Å². The fourth-order valence-electron chi connectivity index (χ4n) is 17.8. The molecule has 0 saturated carbocycles. The summed E-state index contributed by atoms with van der Waals surface area (Å²) in [5.41, 5.74) is 33.7. The highest BCUT2D eigenvalue weighted by Gasteiger charge is 2.29. The summed E-state index contributed by atoms with van der Waals surface area (Å²) < 4.78 is 67.3. The Hall–Kier alpha value is -11.8. The predicted octanol–water partition coefficient (Wildman–Crippen LogP) is 30.1. The van der Waals surface area contributed by atoms with Gasteiger partial charge in [0.1, 0.15) is 35.4 Å². The number of rotatable bonds is 13. The van der Waals surface area contributed by atoms with E-state index < -0.39 is 0 Å². The molecule has 4 nitrogen and oxygen atoms in total. The van der Waals surface area contributed by atoms with Gasteiger partial charge >= 0.3 is 0 Å². The third kappa shape index (κ3) is 21.0. The summed E-state index contributed by atoms with van der Waals surface area (Å²) in [7, 11) is 8.09. The van der Waals surface area contributed by atoms with Crippen LogP contribution >= 0.6 is 0 Å². The molecule has 0 aliphatic heterocycles. The maximum atomic E-state index is 15.0. The molecule has 16 aromatic rings. The fourth-order valence-corrected chi connectivity index (χ4v) is 17.8. The van der Waals surface area contributed by atoms with Crippen molar-refractivity contribution in [3.63, 3.8) is 0 Å². The summed E-state index contributed by atoms with van der Waals surface area (Å²) >= 11 is 0. The minimum absolute atomic E-state index is 0.161. The fraction of sp³-hybridized carbons (Fsp3) is 0.294. The smallest absolute Gasteiger partial charge is 0.206 e. The lowest BCUT2D eigenvalue weighted by Gasteiger charge is -2.19. The third-order valence-electron chi connectivity index (χ3n) is 24.2. The number of benzene rings is 12. The lowest BCUT2D eigenvalue weighted by atomic mass is 9.86. The van der Waals surface area contributed by atoms with Crippen LogP contribution in [0.3, 0.4) is 0 Å². The van der Waals surface area contributed by atoms with E-state index in [1.807, 2.05) is 75.0 Å². The molecule has 0 fully saturated rings. The van der Waals surface area contributed by atoms with E-state index in [-0.39, 0.29) is 39.7 Å². The van der Waals surface area contributed by atoms with Crippen LogP contribution in [0.5, 0.6) is 0 Å². The number of aromatic nitrogens is 4. The van der Waals surface area contributed by atoms with Crippen molar-refractivity contribution in [3.05, 3.63) is 358 Å².